The number of nitrogens with zero attached hydrogens (tertiary/aromatic N) is 3. The molecule has 0 spiro atoms. The van der Waals surface area contributed by atoms with Crippen molar-refractivity contribution in [2.75, 3.05) is 0 Å². The van der Waals surface area contributed by atoms with E-state index in [0.717, 1.165) is 0 Å². The van der Waals surface area contributed by atoms with Gasteiger partial charge in [-0.25, -0.2) is 4.68 Å². The van der Waals surface area contributed by atoms with Crippen LogP contribution >= 0.6 is 0 Å². The molecule has 2 aromatic rings. The zero-order valence-corrected chi connectivity index (χ0v) is 6.79. The van der Waals surface area contributed by atoms with Crippen molar-refractivity contribution in [2.24, 2.45) is 5.73 Å². The molecule has 1 amide bonds. The van der Waals surface area contributed by atoms with Crippen LogP contribution in [0.25, 0.3) is 0 Å². The minimum Gasteiger partial charge on any atom is -0.365 e. The van der Waals surface area contributed by atoms with Crippen molar-refractivity contribution in [1.82, 2.24) is 14.6 Å². The average Bonchev–Trinajstić information content (AvgIpc) is 2.75. The molecule has 0 atom stereocenters. The molecule has 2 N–H and O–H groups in total. The molecule has 0 saturated heterocycles. The predicted molar refractivity (Wildman–Crippen MR) is 46.0 cm³/mol. The van der Waals surface area contributed by atoms with Crippen LogP contribution in [0.15, 0.2) is 36.9 Å². The van der Waals surface area contributed by atoms with Gasteiger partial charge in [0.1, 0.15) is 0 Å². The Morgan fingerprint density at radius 1 is 1.38 bits per heavy atom. The van der Waals surface area contributed by atoms with Crippen LogP contribution < -0.4 is 5.73 Å². The summed E-state index contributed by atoms with van der Waals surface area (Å²) in [4.78, 5) is 12.3. The normalized spacial score (nSPS) is 10.2. The predicted octanol–water partition coefficient (Wildman–Crippen LogP) is 0.0949. The van der Waals surface area contributed by atoms with Crippen LogP contribution in [-0.4, -0.2) is 20.5 Å². The van der Waals surface area contributed by atoms with E-state index < -0.39 is 5.91 Å². The molecular weight excluding hydrogens is 168 g/mol. The van der Waals surface area contributed by atoms with Gasteiger partial charge in [0, 0.05) is 12.4 Å². The Kier molecular flexibility index (Phi) is 1.63. The number of carbonyl (C=O) groups excluding carboxylic acids is 1. The second kappa shape index (κ2) is 2.78. The van der Waals surface area contributed by atoms with Gasteiger partial charge in [0.05, 0.1) is 18.0 Å². The molecule has 0 aromatic carbocycles. The van der Waals surface area contributed by atoms with Crippen molar-refractivity contribution in [3.8, 4) is 0 Å². The number of aromatic nitrogens is 3. The molecule has 0 radical (unpaired) electrons. The lowest BCUT2D eigenvalue weighted by Crippen LogP contribution is -2.10. The van der Waals surface area contributed by atoms with Gasteiger partial charge in [0.15, 0.2) is 0 Å². The van der Waals surface area contributed by atoms with Crippen LogP contribution in [0.3, 0.4) is 0 Å². The summed E-state index contributed by atoms with van der Waals surface area (Å²) in [5, 5.41) is 3.96. The maximum Gasteiger partial charge on any atom is 0.251 e. The van der Waals surface area contributed by atoms with Crippen LogP contribution in [0.2, 0.25) is 0 Å². The molecule has 0 saturated carbocycles. The highest BCUT2D eigenvalue weighted by atomic mass is 16.1. The van der Waals surface area contributed by atoms with Gasteiger partial charge >= 0.3 is 0 Å². The van der Waals surface area contributed by atoms with Crippen LogP contribution in [0.5, 0.6) is 0 Å². The topological polar surface area (TPSA) is 65.8 Å². The SMILES string of the molecule is NC(=O)c1cnn(-n2cccc2)c1. The Bertz CT molecular complexity index is 415. The minimum absolute atomic E-state index is 0.397. The fourth-order valence-electron chi connectivity index (χ4n) is 1.03. The molecule has 0 aliphatic carbocycles. The largest absolute Gasteiger partial charge is 0.365 e. The van der Waals surface area contributed by atoms with Gasteiger partial charge in [0.2, 0.25) is 0 Å². The first-order valence-electron chi connectivity index (χ1n) is 3.75. The molecule has 66 valence electrons. The van der Waals surface area contributed by atoms with Crippen molar-refractivity contribution in [3.63, 3.8) is 0 Å². The van der Waals surface area contributed by atoms with Crippen molar-refractivity contribution in [2.45, 2.75) is 0 Å². The number of nitrogens with two attached hydrogens (primary N) is 1. The number of amides is 1. The molecule has 2 aromatic heterocycles. The summed E-state index contributed by atoms with van der Waals surface area (Å²) in [5.41, 5.74) is 5.48. The summed E-state index contributed by atoms with van der Waals surface area (Å²) in [7, 11) is 0. The number of hydrogen-bond acceptors (Lipinski definition) is 2. The minimum atomic E-state index is -0.474. The van der Waals surface area contributed by atoms with E-state index in [1.54, 1.807) is 10.9 Å². The number of rotatable bonds is 2. The van der Waals surface area contributed by atoms with E-state index in [-0.39, 0.29) is 0 Å². The lowest BCUT2D eigenvalue weighted by atomic mass is 10.4. The summed E-state index contributed by atoms with van der Waals surface area (Å²) in [6.07, 6.45) is 6.64. The first-order valence-corrected chi connectivity index (χ1v) is 3.75. The number of primary amides is 1. The lowest BCUT2D eigenvalue weighted by Gasteiger charge is -1.99. The summed E-state index contributed by atoms with van der Waals surface area (Å²) < 4.78 is 1.73. The van der Waals surface area contributed by atoms with Crippen molar-refractivity contribution in [3.05, 3.63) is 42.5 Å². The molecule has 2 heterocycles. The molecule has 5 nitrogen and oxygen atoms in total. The molecule has 0 aliphatic heterocycles. The van der Waals surface area contributed by atoms with Crippen molar-refractivity contribution < 1.29 is 4.79 Å². The Morgan fingerprint density at radius 3 is 2.62 bits per heavy atom. The lowest BCUT2D eigenvalue weighted by molar-refractivity contribution is 0.1000. The molecule has 5 heteroatoms. The van der Waals surface area contributed by atoms with E-state index in [1.165, 1.54) is 11.0 Å². The van der Waals surface area contributed by atoms with Crippen molar-refractivity contribution in [1.29, 1.82) is 0 Å². The Hall–Kier alpha value is -2.04. The van der Waals surface area contributed by atoms with E-state index in [0.29, 0.717) is 5.56 Å². The smallest absolute Gasteiger partial charge is 0.251 e. The third-order valence-electron chi connectivity index (χ3n) is 1.68. The summed E-state index contributed by atoms with van der Waals surface area (Å²) in [6.45, 7) is 0. The van der Waals surface area contributed by atoms with E-state index in [4.69, 9.17) is 5.73 Å². The van der Waals surface area contributed by atoms with Crippen LogP contribution in [0.1, 0.15) is 10.4 Å². The Morgan fingerprint density at radius 2 is 2.08 bits per heavy atom. The summed E-state index contributed by atoms with van der Waals surface area (Å²) in [5.74, 6) is -0.474. The first-order chi connectivity index (χ1) is 6.27. The standard InChI is InChI=1S/C8H8N4O/c9-8(13)7-5-10-12(6-7)11-3-1-2-4-11/h1-6H,(H2,9,13). The Labute approximate surface area is 74.4 Å². The van der Waals surface area contributed by atoms with Gasteiger partial charge in [-0.15, -0.1) is 0 Å². The first kappa shape index (κ1) is 7.60. The number of hydrogen-bond donors (Lipinski definition) is 1. The van der Waals surface area contributed by atoms with E-state index in [9.17, 15) is 4.79 Å². The molecule has 0 bridgehead atoms. The summed E-state index contributed by atoms with van der Waals surface area (Å²) >= 11 is 0. The van der Waals surface area contributed by atoms with Crippen LogP contribution in [0, 0.1) is 0 Å². The zero-order valence-electron chi connectivity index (χ0n) is 6.79. The molecule has 0 aliphatic rings. The molecular formula is C8H8N4O. The van der Waals surface area contributed by atoms with E-state index >= 15 is 0 Å². The van der Waals surface area contributed by atoms with Crippen LogP contribution in [-0.2, 0) is 0 Å². The molecule has 0 unspecified atom stereocenters. The van der Waals surface area contributed by atoms with Gasteiger partial charge in [0.25, 0.3) is 5.91 Å². The quantitative estimate of drug-likeness (QED) is 0.704. The fraction of sp³-hybridized carbons (Fsp3) is 0. The number of carbonyl (C=O) groups is 1. The maximum atomic E-state index is 10.7. The highest BCUT2D eigenvalue weighted by Crippen LogP contribution is 1.97. The summed E-state index contributed by atoms with van der Waals surface area (Å²) in [6, 6.07) is 3.73. The zero-order chi connectivity index (χ0) is 9.26. The van der Waals surface area contributed by atoms with Gasteiger partial charge in [-0.1, -0.05) is 0 Å². The maximum absolute atomic E-state index is 10.7. The molecule has 2 rings (SSSR count). The van der Waals surface area contributed by atoms with Gasteiger partial charge < -0.3 is 5.73 Å². The second-order valence-corrected chi connectivity index (χ2v) is 2.58. The Balaban J connectivity index is 2.39. The third kappa shape index (κ3) is 1.31. The molecule has 0 fully saturated rings. The van der Waals surface area contributed by atoms with Gasteiger partial charge in [-0.3, -0.25) is 4.79 Å². The third-order valence-corrected chi connectivity index (χ3v) is 1.68. The van der Waals surface area contributed by atoms with E-state index in [1.807, 2.05) is 24.5 Å². The average molecular weight is 176 g/mol. The monoisotopic (exact) mass is 176 g/mol. The highest BCUT2D eigenvalue weighted by Gasteiger charge is 2.03. The highest BCUT2D eigenvalue weighted by molar-refractivity contribution is 5.92. The fourth-order valence-corrected chi connectivity index (χ4v) is 1.03. The van der Waals surface area contributed by atoms with E-state index in [2.05, 4.69) is 5.10 Å². The van der Waals surface area contributed by atoms with Gasteiger partial charge in [-0.05, 0) is 12.1 Å². The van der Waals surface area contributed by atoms with Crippen LogP contribution in [0.4, 0.5) is 0 Å². The van der Waals surface area contributed by atoms with Crippen molar-refractivity contribution >= 4 is 5.91 Å². The van der Waals surface area contributed by atoms with Gasteiger partial charge in [-0.2, -0.15) is 9.89 Å². The molecule has 13 heavy (non-hydrogen) atoms. The second-order valence-electron chi connectivity index (χ2n) is 2.58.